The molecule has 2 unspecified atom stereocenters. The van der Waals surface area contributed by atoms with Gasteiger partial charge in [0.1, 0.15) is 11.7 Å². The molecule has 3 aliphatic rings. The van der Waals surface area contributed by atoms with Crippen molar-refractivity contribution in [1.29, 1.82) is 0 Å². The number of hydrogen-bond acceptors (Lipinski definition) is 10. The van der Waals surface area contributed by atoms with Crippen molar-refractivity contribution >= 4 is 17.7 Å². The predicted molar refractivity (Wildman–Crippen MR) is 146 cm³/mol. The summed E-state index contributed by atoms with van der Waals surface area (Å²) < 4.78 is 21.9. The molecule has 0 aliphatic carbocycles. The Kier molecular flexibility index (Phi) is 10.1. The van der Waals surface area contributed by atoms with Crippen LogP contribution >= 0.6 is 0 Å². The van der Waals surface area contributed by atoms with Crippen LogP contribution in [-0.4, -0.2) is 98.4 Å². The van der Waals surface area contributed by atoms with E-state index in [1.54, 1.807) is 27.7 Å². The largest absolute Gasteiger partial charge is 0.507 e. The van der Waals surface area contributed by atoms with E-state index in [0.717, 1.165) is 42.9 Å². The van der Waals surface area contributed by atoms with Crippen LogP contribution in [0.1, 0.15) is 50.3 Å². The molecule has 1 aromatic carbocycles. The third-order valence-corrected chi connectivity index (χ3v) is 7.51. The zero-order chi connectivity index (χ0) is 27.9. The minimum atomic E-state index is -0.787. The fourth-order valence-electron chi connectivity index (χ4n) is 5.62. The summed E-state index contributed by atoms with van der Waals surface area (Å²) in [5.41, 5.74) is 3.72. The molecule has 39 heavy (non-hydrogen) atoms. The van der Waals surface area contributed by atoms with Crippen molar-refractivity contribution in [2.45, 2.75) is 46.7 Å². The van der Waals surface area contributed by atoms with Gasteiger partial charge in [-0.15, -0.1) is 0 Å². The maximum atomic E-state index is 13.3. The SMILES string of the molecule is CCOC(=O)C1=C(C)N=C(C)C(C(=O)OCC)C1c1cc(CN2CCOCC2)c(O)c(CN2CCOCC2)c1. The number of aliphatic imine (C=N–C) groups is 1. The van der Waals surface area contributed by atoms with Crippen molar-refractivity contribution in [2.75, 3.05) is 65.8 Å². The molecule has 0 spiro atoms. The van der Waals surface area contributed by atoms with E-state index in [0.29, 0.717) is 56.5 Å². The van der Waals surface area contributed by atoms with Crippen molar-refractivity contribution in [3.63, 3.8) is 0 Å². The number of morpholine rings is 2. The topological polar surface area (TPSA) is 110 Å². The Morgan fingerprint density at radius 1 is 0.923 bits per heavy atom. The minimum absolute atomic E-state index is 0.204. The van der Waals surface area contributed by atoms with Crippen molar-refractivity contribution < 1.29 is 33.6 Å². The molecule has 3 aliphatic heterocycles. The van der Waals surface area contributed by atoms with E-state index in [2.05, 4.69) is 14.8 Å². The Hall–Kier alpha value is -2.79. The molecule has 214 valence electrons. The van der Waals surface area contributed by atoms with Crippen molar-refractivity contribution in [3.8, 4) is 5.75 Å². The number of hydrogen-bond donors (Lipinski definition) is 1. The summed E-state index contributed by atoms with van der Waals surface area (Å²) in [5.74, 6) is -2.14. The lowest BCUT2D eigenvalue weighted by molar-refractivity contribution is -0.146. The molecule has 2 fully saturated rings. The van der Waals surface area contributed by atoms with Crippen molar-refractivity contribution in [3.05, 3.63) is 40.1 Å². The fraction of sp³-hybridized carbons (Fsp3) is 0.621. The number of rotatable bonds is 9. The molecule has 2 atom stereocenters. The van der Waals surface area contributed by atoms with Crippen LogP contribution in [0.25, 0.3) is 0 Å². The summed E-state index contributed by atoms with van der Waals surface area (Å²) in [4.78, 5) is 35.7. The molecule has 2 saturated heterocycles. The van der Waals surface area contributed by atoms with E-state index in [-0.39, 0.29) is 19.0 Å². The van der Waals surface area contributed by atoms with Crippen LogP contribution in [0.4, 0.5) is 0 Å². The molecule has 4 rings (SSSR count). The van der Waals surface area contributed by atoms with Gasteiger partial charge >= 0.3 is 11.9 Å². The zero-order valence-corrected chi connectivity index (χ0v) is 23.5. The molecule has 0 aromatic heterocycles. The minimum Gasteiger partial charge on any atom is -0.507 e. The van der Waals surface area contributed by atoms with Crippen LogP contribution in [0.15, 0.2) is 28.4 Å². The molecular weight excluding hydrogens is 502 g/mol. The van der Waals surface area contributed by atoms with Crippen LogP contribution in [0.5, 0.6) is 5.75 Å². The van der Waals surface area contributed by atoms with E-state index in [4.69, 9.17) is 18.9 Å². The van der Waals surface area contributed by atoms with Gasteiger partial charge in [-0.2, -0.15) is 0 Å². The number of phenolic OH excluding ortho intramolecular Hbond substituents is 1. The first-order valence-corrected chi connectivity index (χ1v) is 13.9. The van der Waals surface area contributed by atoms with E-state index in [1.807, 2.05) is 12.1 Å². The quantitative estimate of drug-likeness (QED) is 0.470. The Labute approximate surface area is 230 Å². The van der Waals surface area contributed by atoms with Gasteiger partial charge in [0.25, 0.3) is 0 Å². The molecule has 10 nitrogen and oxygen atoms in total. The van der Waals surface area contributed by atoms with Gasteiger partial charge < -0.3 is 24.1 Å². The highest BCUT2D eigenvalue weighted by Gasteiger charge is 2.43. The second-order valence-electron chi connectivity index (χ2n) is 10.1. The molecule has 0 saturated carbocycles. The number of carbonyl (C=O) groups is 2. The zero-order valence-electron chi connectivity index (χ0n) is 23.5. The van der Waals surface area contributed by atoms with Gasteiger partial charge in [0.2, 0.25) is 0 Å². The average Bonchev–Trinajstić information content (AvgIpc) is 2.91. The molecule has 1 aromatic rings. The summed E-state index contributed by atoms with van der Waals surface area (Å²) >= 11 is 0. The molecule has 0 amide bonds. The number of benzene rings is 1. The smallest absolute Gasteiger partial charge is 0.336 e. The highest BCUT2D eigenvalue weighted by Crippen LogP contribution is 2.42. The lowest BCUT2D eigenvalue weighted by Crippen LogP contribution is -2.38. The lowest BCUT2D eigenvalue weighted by atomic mass is 9.74. The van der Waals surface area contributed by atoms with E-state index in [1.165, 1.54) is 0 Å². The first kappa shape index (κ1) is 29.2. The average molecular weight is 544 g/mol. The molecule has 0 bridgehead atoms. The van der Waals surface area contributed by atoms with Crippen LogP contribution in [0.2, 0.25) is 0 Å². The molecular formula is C29H41N3O7. The first-order valence-electron chi connectivity index (χ1n) is 13.9. The van der Waals surface area contributed by atoms with Gasteiger partial charge in [0.05, 0.1) is 45.2 Å². The van der Waals surface area contributed by atoms with Crippen LogP contribution < -0.4 is 0 Å². The van der Waals surface area contributed by atoms with Gasteiger partial charge in [0.15, 0.2) is 0 Å². The van der Waals surface area contributed by atoms with E-state index < -0.39 is 23.8 Å². The summed E-state index contributed by atoms with van der Waals surface area (Å²) in [6.45, 7) is 14.2. The first-order chi connectivity index (χ1) is 18.8. The second-order valence-corrected chi connectivity index (χ2v) is 10.1. The molecule has 3 heterocycles. The number of carbonyl (C=O) groups excluding carboxylic acids is 2. The van der Waals surface area contributed by atoms with Crippen LogP contribution in [0.3, 0.4) is 0 Å². The molecule has 0 radical (unpaired) electrons. The van der Waals surface area contributed by atoms with Gasteiger partial charge in [-0.3, -0.25) is 19.6 Å². The highest BCUT2D eigenvalue weighted by atomic mass is 16.5. The third kappa shape index (κ3) is 6.87. The van der Waals surface area contributed by atoms with E-state index in [9.17, 15) is 14.7 Å². The normalized spacial score (nSPS) is 22.9. The number of phenols is 1. The van der Waals surface area contributed by atoms with Gasteiger partial charge in [-0.25, -0.2) is 4.79 Å². The number of ether oxygens (including phenoxy) is 4. The number of allylic oxidation sites excluding steroid dienone is 1. The van der Waals surface area contributed by atoms with Crippen LogP contribution in [-0.2, 0) is 41.6 Å². The van der Waals surface area contributed by atoms with Gasteiger partial charge in [-0.05, 0) is 33.3 Å². The predicted octanol–water partition coefficient (Wildman–Crippen LogP) is 2.63. The Morgan fingerprint density at radius 3 is 1.92 bits per heavy atom. The van der Waals surface area contributed by atoms with Crippen LogP contribution in [0, 0.1) is 5.92 Å². The van der Waals surface area contributed by atoms with Gasteiger partial charge in [-0.1, -0.05) is 12.1 Å². The fourth-order valence-corrected chi connectivity index (χ4v) is 5.62. The summed E-state index contributed by atoms with van der Waals surface area (Å²) in [7, 11) is 0. The number of nitrogens with zero attached hydrogens (tertiary/aromatic N) is 3. The summed E-state index contributed by atoms with van der Waals surface area (Å²) in [6.07, 6.45) is 0. The Morgan fingerprint density at radius 2 is 1.44 bits per heavy atom. The van der Waals surface area contributed by atoms with E-state index >= 15 is 0 Å². The highest BCUT2D eigenvalue weighted by molar-refractivity contribution is 6.07. The van der Waals surface area contributed by atoms with Crippen molar-refractivity contribution in [2.24, 2.45) is 10.9 Å². The van der Waals surface area contributed by atoms with Gasteiger partial charge in [0, 0.05) is 67.7 Å². The maximum Gasteiger partial charge on any atom is 0.336 e. The monoisotopic (exact) mass is 543 g/mol. The summed E-state index contributed by atoms with van der Waals surface area (Å²) in [6, 6.07) is 3.85. The molecule has 1 N–H and O–H groups in total. The summed E-state index contributed by atoms with van der Waals surface area (Å²) in [5, 5.41) is 11.5. The third-order valence-electron chi connectivity index (χ3n) is 7.51. The maximum absolute atomic E-state index is 13.3. The second kappa shape index (κ2) is 13.5. The number of aromatic hydroxyl groups is 1. The van der Waals surface area contributed by atoms with Crippen molar-refractivity contribution in [1.82, 2.24) is 9.80 Å². The molecule has 10 heteroatoms. The standard InChI is InChI=1S/C29H41N3O7/c1-5-38-28(34)24-19(3)30-20(4)25(29(35)39-6-2)26(24)21-15-22(17-31-7-11-36-12-8-31)27(33)23(16-21)18-32-9-13-37-14-10-32/h15-16,24,26,33H,5-14,17-18H2,1-4H3. The Bertz CT molecular complexity index is 1060. The Balaban J connectivity index is 1.83. The number of esters is 2. The lowest BCUT2D eigenvalue weighted by Gasteiger charge is -2.33.